The Labute approximate surface area is 139 Å². The predicted molar refractivity (Wildman–Crippen MR) is 92.4 cm³/mol. The number of benzene rings is 1. The average molecular weight is 319 g/mol. The van der Waals surface area contributed by atoms with Crippen molar-refractivity contribution in [3.8, 4) is 0 Å². The molecule has 0 aromatic heterocycles. The van der Waals surface area contributed by atoms with Crippen molar-refractivity contribution >= 4 is 11.9 Å². The van der Waals surface area contributed by atoms with Crippen LogP contribution in [0, 0.1) is 12.8 Å². The summed E-state index contributed by atoms with van der Waals surface area (Å²) in [5, 5.41) is 2.59. The Morgan fingerprint density at radius 3 is 2.22 bits per heavy atom. The Bertz CT molecular complexity index is 476. The van der Waals surface area contributed by atoms with Crippen LogP contribution in [0.25, 0.3) is 0 Å². The fourth-order valence-corrected chi connectivity index (χ4v) is 2.60. The molecule has 1 aromatic rings. The van der Waals surface area contributed by atoms with E-state index in [1.807, 2.05) is 19.1 Å². The number of esters is 1. The van der Waals surface area contributed by atoms with E-state index in [9.17, 15) is 9.59 Å². The van der Waals surface area contributed by atoms with Crippen LogP contribution >= 0.6 is 0 Å². The van der Waals surface area contributed by atoms with Gasteiger partial charge in [0, 0.05) is 5.56 Å². The third-order valence-corrected chi connectivity index (χ3v) is 3.89. The van der Waals surface area contributed by atoms with E-state index >= 15 is 0 Å². The van der Waals surface area contributed by atoms with E-state index in [4.69, 9.17) is 4.74 Å². The van der Waals surface area contributed by atoms with E-state index < -0.39 is 0 Å². The van der Waals surface area contributed by atoms with Gasteiger partial charge in [-0.1, -0.05) is 57.2 Å². The molecular weight excluding hydrogens is 290 g/mol. The number of rotatable bonds is 10. The predicted octanol–water partition coefficient (Wildman–Crippen LogP) is 3.87. The van der Waals surface area contributed by atoms with Gasteiger partial charge in [0.2, 0.25) is 0 Å². The zero-order chi connectivity index (χ0) is 17.1. The summed E-state index contributed by atoms with van der Waals surface area (Å²) in [6.45, 7) is 6.66. The highest BCUT2D eigenvalue weighted by Crippen LogP contribution is 2.17. The van der Waals surface area contributed by atoms with Gasteiger partial charge in [-0.3, -0.25) is 9.59 Å². The Balaban J connectivity index is 2.25. The topological polar surface area (TPSA) is 55.4 Å². The van der Waals surface area contributed by atoms with Crippen LogP contribution in [0.4, 0.5) is 0 Å². The van der Waals surface area contributed by atoms with E-state index in [1.54, 1.807) is 12.1 Å². The number of carbonyl (C=O) groups excluding carboxylic acids is 2. The van der Waals surface area contributed by atoms with Gasteiger partial charge in [0.05, 0.1) is 6.61 Å². The first kappa shape index (κ1) is 19.2. The molecule has 1 amide bonds. The summed E-state index contributed by atoms with van der Waals surface area (Å²) in [6, 6.07) is 7.23. The van der Waals surface area contributed by atoms with Crippen LogP contribution in [0.3, 0.4) is 0 Å². The molecule has 4 heteroatoms. The van der Waals surface area contributed by atoms with Crippen molar-refractivity contribution in [1.29, 1.82) is 0 Å². The molecule has 0 atom stereocenters. The summed E-state index contributed by atoms with van der Waals surface area (Å²) in [5.41, 5.74) is 1.64. The minimum Gasteiger partial charge on any atom is -0.464 e. The largest absolute Gasteiger partial charge is 0.464 e. The molecule has 0 unspecified atom stereocenters. The first-order valence-electron chi connectivity index (χ1n) is 8.57. The zero-order valence-electron chi connectivity index (χ0n) is 14.6. The number of ether oxygens (including phenoxy) is 1. The number of aryl methyl sites for hydroxylation is 1. The van der Waals surface area contributed by atoms with E-state index in [2.05, 4.69) is 19.2 Å². The molecule has 0 saturated carbocycles. The van der Waals surface area contributed by atoms with Crippen molar-refractivity contribution in [3.63, 3.8) is 0 Å². The van der Waals surface area contributed by atoms with Crippen LogP contribution in [0.15, 0.2) is 24.3 Å². The molecule has 0 aliphatic heterocycles. The lowest BCUT2D eigenvalue weighted by Gasteiger charge is -2.15. The molecule has 0 aliphatic carbocycles. The molecule has 0 saturated heterocycles. The summed E-state index contributed by atoms with van der Waals surface area (Å²) < 4.78 is 5.22. The normalized spacial score (nSPS) is 10.6. The molecule has 0 spiro atoms. The van der Waals surface area contributed by atoms with Crippen molar-refractivity contribution in [2.24, 2.45) is 5.92 Å². The summed E-state index contributed by atoms with van der Waals surface area (Å²) in [4.78, 5) is 23.6. The van der Waals surface area contributed by atoms with E-state index in [0.29, 0.717) is 18.1 Å². The lowest BCUT2D eigenvalue weighted by atomic mass is 9.95. The number of amides is 1. The van der Waals surface area contributed by atoms with E-state index in [1.165, 1.54) is 12.8 Å². The summed E-state index contributed by atoms with van der Waals surface area (Å²) in [6.07, 6.45) is 5.57. The highest BCUT2D eigenvalue weighted by atomic mass is 16.5. The maximum absolute atomic E-state index is 11.9. The highest BCUT2D eigenvalue weighted by molar-refractivity contribution is 5.95. The smallest absolute Gasteiger partial charge is 0.325 e. The van der Waals surface area contributed by atoms with Gasteiger partial charge < -0.3 is 10.1 Å². The number of carbonyl (C=O) groups is 2. The van der Waals surface area contributed by atoms with Gasteiger partial charge in [0.15, 0.2) is 0 Å². The van der Waals surface area contributed by atoms with Gasteiger partial charge in [0.1, 0.15) is 6.54 Å². The molecule has 128 valence electrons. The molecular formula is C19H29NO3. The molecule has 1 aromatic carbocycles. The van der Waals surface area contributed by atoms with Crippen LogP contribution in [0.5, 0.6) is 0 Å². The van der Waals surface area contributed by atoms with Crippen molar-refractivity contribution in [2.75, 3.05) is 13.2 Å². The monoisotopic (exact) mass is 319 g/mol. The number of hydrogen-bond acceptors (Lipinski definition) is 3. The van der Waals surface area contributed by atoms with Gasteiger partial charge in [-0.05, 0) is 31.4 Å². The van der Waals surface area contributed by atoms with E-state index in [0.717, 1.165) is 24.8 Å². The van der Waals surface area contributed by atoms with Crippen molar-refractivity contribution in [2.45, 2.75) is 52.9 Å². The molecule has 1 rings (SSSR count). The molecule has 4 nitrogen and oxygen atoms in total. The lowest BCUT2D eigenvalue weighted by molar-refractivity contribution is -0.142. The quantitative estimate of drug-likeness (QED) is 0.666. The first-order chi connectivity index (χ1) is 11.1. The highest BCUT2D eigenvalue weighted by Gasteiger charge is 2.11. The van der Waals surface area contributed by atoms with Crippen LogP contribution in [0.1, 0.15) is 61.9 Å². The molecule has 0 bridgehead atoms. The Kier molecular flexibility index (Phi) is 9.03. The van der Waals surface area contributed by atoms with Crippen LogP contribution in [0.2, 0.25) is 0 Å². The maximum atomic E-state index is 11.9. The molecule has 23 heavy (non-hydrogen) atoms. The van der Waals surface area contributed by atoms with Crippen LogP contribution in [-0.2, 0) is 9.53 Å². The molecule has 0 radical (unpaired) electrons. The van der Waals surface area contributed by atoms with Crippen molar-refractivity contribution in [3.05, 3.63) is 35.4 Å². The summed E-state index contributed by atoms with van der Waals surface area (Å²) >= 11 is 0. The van der Waals surface area contributed by atoms with Crippen LogP contribution < -0.4 is 5.32 Å². The Morgan fingerprint density at radius 2 is 1.65 bits per heavy atom. The third-order valence-electron chi connectivity index (χ3n) is 3.89. The minimum atomic E-state index is -0.378. The first-order valence-corrected chi connectivity index (χ1v) is 8.57. The number of nitrogens with one attached hydrogen (secondary N) is 1. The van der Waals surface area contributed by atoms with Crippen molar-refractivity contribution < 1.29 is 14.3 Å². The van der Waals surface area contributed by atoms with Crippen molar-refractivity contribution in [1.82, 2.24) is 5.32 Å². The Hall–Kier alpha value is -1.84. The molecule has 0 heterocycles. The maximum Gasteiger partial charge on any atom is 0.325 e. The summed E-state index contributed by atoms with van der Waals surface area (Å²) in [7, 11) is 0. The van der Waals surface area contributed by atoms with Gasteiger partial charge in [-0.2, -0.15) is 0 Å². The van der Waals surface area contributed by atoms with Gasteiger partial charge in [-0.25, -0.2) is 0 Å². The minimum absolute atomic E-state index is 0.0844. The third kappa shape index (κ3) is 7.82. The zero-order valence-corrected chi connectivity index (χ0v) is 14.6. The second kappa shape index (κ2) is 10.8. The van der Waals surface area contributed by atoms with Gasteiger partial charge >= 0.3 is 5.97 Å². The summed E-state index contributed by atoms with van der Waals surface area (Å²) in [5.74, 6) is -0.00560. The standard InChI is InChI=1S/C19H29NO3/c1-4-6-16(7-5-2)12-13-23-18(21)14-20-19(22)17-10-8-15(3)9-11-17/h8-11,16H,4-7,12-14H2,1-3H3,(H,20,22). The fraction of sp³-hybridized carbons (Fsp3) is 0.579. The molecule has 0 aliphatic rings. The SMILES string of the molecule is CCCC(CCC)CCOC(=O)CNC(=O)c1ccc(C)cc1. The molecule has 0 fully saturated rings. The lowest BCUT2D eigenvalue weighted by Crippen LogP contribution is -2.30. The molecule has 1 N–H and O–H groups in total. The fourth-order valence-electron chi connectivity index (χ4n) is 2.60. The van der Waals surface area contributed by atoms with E-state index in [-0.39, 0.29) is 18.4 Å². The van der Waals surface area contributed by atoms with Gasteiger partial charge in [0.25, 0.3) is 5.91 Å². The second-order valence-corrected chi connectivity index (χ2v) is 6.00. The van der Waals surface area contributed by atoms with Gasteiger partial charge in [-0.15, -0.1) is 0 Å². The average Bonchev–Trinajstić information content (AvgIpc) is 2.53. The van der Waals surface area contributed by atoms with Crippen LogP contribution in [-0.4, -0.2) is 25.0 Å². The second-order valence-electron chi connectivity index (χ2n) is 6.00. The number of hydrogen-bond donors (Lipinski definition) is 1. The Morgan fingerprint density at radius 1 is 1.04 bits per heavy atom.